The van der Waals surface area contributed by atoms with Crippen molar-refractivity contribution in [3.05, 3.63) is 28.2 Å². The summed E-state index contributed by atoms with van der Waals surface area (Å²) in [5, 5.41) is 1.17. The first-order chi connectivity index (χ1) is 15.3. The molecule has 0 N–H and O–H groups in total. The van der Waals surface area contributed by atoms with E-state index in [1.54, 1.807) is 0 Å². The zero-order valence-electron chi connectivity index (χ0n) is 18.9. The molecule has 5 aliphatic rings. The highest BCUT2D eigenvalue weighted by molar-refractivity contribution is 6.42. The Morgan fingerprint density at radius 3 is 2.69 bits per heavy atom. The van der Waals surface area contributed by atoms with Gasteiger partial charge in [0.25, 0.3) is 0 Å². The zero-order chi connectivity index (χ0) is 22.3. The summed E-state index contributed by atoms with van der Waals surface area (Å²) in [5.74, 6) is 0.703. The molecule has 7 atom stereocenters. The maximum Gasteiger partial charge on any atom is 0.311 e. The normalized spacial score (nSPS) is 43.3. The van der Waals surface area contributed by atoms with E-state index in [9.17, 15) is 4.79 Å². The Labute approximate surface area is 200 Å². The van der Waals surface area contributed by atoms with Gasteiger partial charge in [-0.15, -0.1) is 0 Å². The zero-order valence-corrected chi connectivity index (χ0v) is 20.4. The fraction of sp³-hybridized carbons (Fsp3) is 0.720. The lowest BCUT2D eigenvalue weighted by atomic mass is 9.53. The second kappa shape index (κ2) is 7.49. The number of nitrogens with zero attached hydrogens (tertiary/aromatic N) is 2. The molecule has 3 aliphatic heterocycles. The SMILES string of the molecule is C[C@H]1CCC[C@]2(C)C[C@H]3OC(=O)[C@@H](CN4CCN(c5ccc(Cl)c(Cl)c5)CC4)[C@H]3[C@@H]3O[C@@]132. The molecule has 2 saturated carbocycles. The van der Waals surface area contributed by atoms with Crippen LogP contribution in [0.4, 0.5) is 5.69 Å². The van der Waals surface area contributed by atoms with Crippen molar-refractivity contribution in [2.24, 2.45) is 23.2 Å². The van der Waals surface area contributed by atoms with Gasteiger partial charge in [0.2, 0.25) is 0 Å². The summed E-state index contributed by atoms with van der Waals surface area (Å²) in [6, 6.07) is 5.82. The summed E-state index contributed by atoms with van der Waals surface area (Å²) >= 11 is 12.3. The third kappa shape index (κ3) is 3.07. The molecular weight excluding hydrogens is 447 g/mol. The van der Waals surface area contributed by atoms with Gasteiger partial charge in [-0.2, -0.15) is 0 Å². The van der Waals surface area contributed by atoms with Crippen molar-refractivity contribution in [2.75, 3.05) is 37.6 Å². The minimum Gasteiger partial charge on any atom is -0.462 e. The van der Waals surface area contributed by atoms with Crippen LogP contribution in [0.3, 0.4) is 0 Å². The molecule has 0 amide bonds. The van der Waals surface area contributed by atoms with Gasteiger partial charge in [-0.05, 0) is 43.4 Å². The van der Waals surface area contributed by atoms with Crippen LogP contribution in [-0.2, 0) is 14.3 Å². The van der Waals surface area contributed by atoms with Crippen LogP contribution in [0.25, 0.3) is 0 Å². The molecule has 0 unspecified atom stereocenters. The van der Waals surface area contributed by atoms with Gasteiger partial charge >= 0.3 is 5.97 Å². The smallest absolute Gasteiger partial charge is 0.311 e. The maximum atomic E-state index is 13.0. The fourth-order valence-corrected chi connectivity index (χ4v) is 7.88. The molecule has 7 heteroatoms. The van der Waals surface area contributed by atoms with E-state index < -0.39 is 0 Å². The Bertz CT molecular complexity index is 936. The van der Waals surface area contributed by atoms with Crippen LogP contribution < -0.4 is 4.90 Å². The maximum absolute atomic E-state index is 13.0. The average Bonchev–Trinajstić information content (AvgIpc) is 3.45. The molecule has 0 bridgehead atoms. The number of piperazine rings is 1. The third-order valence-electron chi connectivity index (χ3n) is 9.29. The number of carbonyl (C=O) groups excluding carboxylic acids is 1. The number of rotatable bonds is 3. The van der Waals surface area contributed by atoms with Crippen LogP contribution in [0.1, 0.15) is 39.5 Å². The van der Waals surface area contributed by atoms with Gasteiger partial charge in [0.05, 0.1) is 22.1 Å². The summed E-state index contributed by atoms with van der Waals surface area (Å²) in [7, 11) is 0. The van der Waals surface area contributed by atoms with Gasteiger partial charge in [-0.25, -0.2) is 0 Å². The number of ether oxygens (including phenoxy) is 2. The van der Waals surface area contributed by atoms with Crippen molar-refractivity contribution in [3.63, 3.8) is 0 Å². The molecule has 1 aromatic carbocycles. The van der Waals surface area contributed by atoms with Gasteiger partial charge in [-0.1, -0.05) is 43.5 Å². The molecule has 0 radical (unpaired) electrons. The largest absolute Gasteiger partial charge is 0.462 e. The van der Waals surface area contributed by atoms with E-state index in [1.165, 1.54) is 19.3 Å². The van der Waals surface area contributed by atoms with Gasteiger partial charge < -0.3 is 14.4 Å². The van der Waals surface area contributed by atoms with E-state index in [0.29, 0.717) is 16.0 Å². The van der Waals surface area contributed by atoms with E-state index in [2.05, 4.69) is 23.6 Å². The van der Waals surface area contributed by atoms with Crippen molar-refractivity contribution < 1.29 is 14.3 Å². The number of carbonyl (C=O) groups is 1. The number of anilines is 1. The Kier molecular flexibility index (Phi) is 5.04. The molecular formula is C25H32Cl2N2O3. The standard InChI is InChI=1S/C25H32Cl2N2O3/c1-15-4-3-7-24(2)13-20-21(22-25(15,24)32-22)17(23(30)31-20)14-28-8-10-29(11-9-28)16-5-6-18(26)19(27)12-16/h5-6,12,15,17,20-22H,3-4,7-11,13-14H2,1-2H3/t15-,17-,20+,21+,22-,24+,25-/m0/s1. The van der Waals surface area contributed by atoms with Crippen LogP contribution in [0.15, 0.2) is 18.2 Å². The number of esters is 1. The molecule has 0 aromatic heterocycles. The van der Waals surface area contributed by atoms with Crippen molar-refractivity contribution in [1.29, 1.82) is 0 Å². The lowest BCUT2D eigenvalue weighted by Crippen LogP contribution is -2.55. The topological polar surface area (TPSA) is 45.3 Å². The highest BCUT2D eigenvalue weighted by Crippen LogP contribution is 2.70. The van der Waals surface area contributed by atoms with Crippen molar-refractivity contribution >= 4 is 34.9 Å². The number of hydrogen-bond donors (Lipinski definition) is 0. The molecule has 1 spiro atoms. The first kappa shape index (κ1) is 21.5. The second-order valence-corrected chi connectivity index (χ2v) is 11.7. The average molecular weight is 479 g/mol. The lowest BCUT2D eigenvalue weighted by Gasteiger charge is -2.49. The molecule has 174 valence electrons. The van der Waals surface area contributed by atoms with Gasteiger partial charge in [-0.3, -0.25) is 9.69 Å². The van der Waals surface area contributed by atoms with E-state index in [0.717, 1.165) is 44.8 Å². The molecule has 3 saturated heterocycles. The lowest BCUT2D eigenvalue weighted by molar-refractivity contribution is -0.146. The number of epoxide rings is 1. The van der Waals surface area contributed by atoms with E-state index in [4.69, 9.17) is 32.7 Å². The molecule has 5 nitrogen and oxygen atoms in total. The van der Waals surface area contributed by atoms with Crippen LogP contribution >= 0.6 is 23.2 Å². The Balaban J connectivity index is 1.13. The van der Waals surface area contributed by atoms with E-state index in [-0.39, 0.29) is 41.0 Å². The minimum absolute atomic E-state index is 0.00698. The summed E-state index contributed by atoms with van der Waals surface area (Å²) in [6.07, 6.45) is 4.87. The monoisotopic (exact) mass is 478 g/mol. The van der Waals surface area contributed by atoms with E-state index >= 15 is 0 Å². The minimum atomic E-state index is -0.0698. The highest BCUT2D eigenvalue weighted by atomic mass is 35.5. The van der Waals surface area contributed by atoms with E-state index in [1.807, 2.05) is 18.2 Å². The third-order valence-corrected chi connectivity index (χ3v) is 10.0. The number of fused-ring (bicyclic) bond motifs is 2. The molecule has 6 rings (SSSR count). The number of benzene rings is 1. The first-order valence-corrected chi connectivity index (χ1v) is 12.9. The number of halogens is 2. The molecule has 2 aliphatic carbocycles. The van der Waals surface area contributed by atoms with Crippen LogP contribution in [0.5, 0.6) is 0 Å². The fourth-order valence-electron chi connectivity index (χ4n) is 7.59. The van der Waals surface area contributed by atoms with Crippen molar-refractivity contribution in [1.82, 2.24) is 4.90 Å². The Morgan fingerprint density at radius 2 is 1.94 bits per heavy atom. The van der Waals surface area contributed by atoms with Crippen LogP contribution in [0, 0.1) is 23.2 Å². The summed E-state index contributed by atoms with van der Waals surface area (Å²) in [5.41, 5.74) is 1.23. The van der Waals surface area contributed by atoms with Crippen molar-refractivity contribution in [3.8, 4) is 0 Å². The Morgan fingerprint density at radius 1 is 1.16 bits per heavy atom. The summed E-state index contributed by atoms with van der Waals surface area (Å²) in [6.45, 7) is 9.17. The first-order valence-electron chi connectivity index (χ1n) is 12.1. The van der Waals surface area contributed by atoms with Crippen LogP contribution in [-0.4, -0.2) is 61.4 Å². The van der Waals surface area contributed by atoms with Gasteiger partial charge in [0, 0.05) is 49.7 Å². The predicted molar refractivity (Wildman–Crippen MR) is 125 cm³/mol. The Hall–Kier alpha value is -1.01. The summed E-state index contributed by atoms with van der Waals surface area (Å²) < 4.78 is 12.6. The predicted octanol–water partition coefficient (Wildman–Crippen LogP) is 4.64. The van der Waals surface area contributed by atoms with Crippen LogP contribution in [0.2, 0.25) is 10.0 Å². The van der Waals surface area contributed by atoms with Gasteiger partial charge in [0.15, 0.2) is 0 Å². The summed E-state index contributed by atoms with van der Waals surface area (Å²) in [4.78, 5) is 17.7. The van der Waals surface area contributed by atoms with Gasteiger partial charge in [0.1, 0.15) is 11.7 Å². The highest BCUT2D eigenvalue weighted by Gasteiger charge is 2.78. The quantitative estimate of drug-likeness (QED) is 0.467. The molecule has 32 heavy (non-hydrogen) atoms. The molecule has 1 aromatic rings. The molecule has 5 fully saturated rings. The van der Waals surface area contributed by atoms with Crippen molar-refractivity contribution in [2.45, 2.75) is 57.3 Å². The number of hydrogen-bond acceptors (Lipinski definition) is 5. The second-order valence-electron chi connectivity index (χ2n) is 10.9. The molecule has 3 heterocycles.